The predicted molar refractivity (Wildman–Crippen MR) is 91.2 cm³/mol. The summed E-state index contributed by atoms with van der Waals surface area (Å²) in [5, 5.41) is 7.27. The minimum atomic E-state index is 0.669. The van der Waals surface area contributed by atoms with Crippen molar-refractivity contribution >= 4 is 57.9 Å². The van der Waals surface area contributed by atoms with E-state index in [9.17, 15) is 0 Å². The highest BCUT2D eigenvalue weighted by Gasteiger charge is 2.12. The van der Waals surface area contributed by atoms with Crippen LogP contribution in [0, 0.1) is 13.8 Å². The fraction of sp³-hybridized carbons (Fsp3) is 0.111. The average Bonchev–Trinajstić information content (AvgIpc) is 2.41. The van der Waals surface area contributed by atoms with Crippen LogP contribution in [0.3, 0.4) is 0 Å². The molecule has 0 fully saturated rings. The molecule has 0 nitrogen and oxygen atoms in total. The maximum Gasteiger partial charge on any atom is 0.0491 e. The van der Waals surface area contributed by atoms with E-state index in [1.807, 2.05) is 12.1 Å². The minimum absolute atomic E-state index is 0.669. The molecule has 100 valence electrons. The molecule has 0 aliphatic rings. The first-order valence-electron chi connectivity index (χ1n) is 6.41. The van der Waals surface area contributed by atoms with Crippen LogP contribution in [0.25, 0.3) is 34.7 Å². The second-order valence-electron chi connectivity index (χ2n) is 5.19. The Bertz CT molecular complexity index is 814. The summed E-state index contributed by atoms with van der Waals surface area (Å²) < 4.78 is 0. The summed E-state index contributed by atoms with van der Waals surface area (Å²) in [6.07, 6.45) is 0. The van der Waals surface area contributed by atoms with E-state index in [0.717, 1.165) is 32.0 Å². The molecule has 0 spiro atoms. The van der Waals surface area contributed by atoms with Gasteiger partial charge in [0.25, 0.3) is 0 Å². The molecule has 0 atom stereocenters. The molecule has 3 rings (SSSR count). The molecule has 0 aromatic heterocycles. The molecule has 0 radical (unpaired) electrons. The van der Waals surface area contributed by atoms with E-state index in [4.69, 9.17) is 23.2 Å². The maximum atomic E-state index is 6.37. The van der Waals surface area contributed by atoms with Crippen LogP contribution in [0.15, 0.2) is 24.3 Å². The first-order valence-corrected chi connectivity index (χ1v) is 7.16. The Morgan fingerprint density at radius 1 is 0.650 bits per heavy atom. The van der Waals surface area contributed by atoms with Crippen molar-refractivity contribution in [3.05, 3.63) is 55.9 Å². The van der Waals surface area contributed by atoms with Crippen LogP contribution in [0.4, 0.5) is 0 Å². The lowest BCUT2D eigenvalue weighted by atomic mass is 9.93. The largest absolute Gasteiger partial charge is 0.0904 e. The molecule has 0 heterocycles. The first-order chi connectivity index (χ1) is 9.43. The maximum absolute atomic E-state index is 6.37. The third kappa shape index (κ3) is 1.69. The van der Waals surface area contributed by atoms with Crippen molar-refractivity contribution in [1.29, 1.82) is 0 Å². The smallest absolute Gasteiger partial charge is 0.0491 e. The molecule has 3 aromatic carbocycles. The van der Waals surface area contributed by atoms with E-state index in [1.54, 1.807) is 0 Å². The lowest BCUT2D eigenvalue weighted by Crippen LogP contribution is -2.15. The van der Waals surface area contributed by atoms with E-state index in [1.165, 1.54) is 11.1 Å². The van der Waals surface area contributed by atoms with Crippen molar-refractivity contribution in [2.45, 2.75) is 13.8 Å². The molecule has 0 amide bonds. The van der Waals surface area contributed by atoms with Crippen molar-refractivity contribution in [2.75, 3.05) is 0 Å². The predicted octanol–water partition coefficient (Wildman–Crippen LogP) is 4.74. The summed E-state index contributed by atoms with van der Waals surface area (Å²) in [5.41, 5.74) is 2.36. The van der Waals surface area contributed by atoms with Gasteiger partial charge in [-0.15, -0.1) is 0 Å². The van der Waals surface area contributed by atoms with Crippen molar-refractivity contribution in [1.82, 2.24) is 0 Å². The third-order valence-corrected chi connectivity index (χ3v) is 4.56. The average molecular weight is 301 g/mol. The highest BCUT2D eigenvalue weighted by atomic mass is 35.5. The van der Waals surface area contributed by atoms with Gasteiger partial charge in [-0.2, -0.15) is 0 Å². The lowest BCUT2D eigenvalue weighted by molar-refractivity contribution is 1.45. The zero-order chi connectivity index (χ0) is 14.6. The van der Waals surface area contributed by atoms with Crippen LogP contribution in [0.5, 0.6) is 0 Å². The van der Waals surface area contributed by atoms with Gasteiger partial charge in [0, 0.05) is 20.8 Å². The van der Waals surface area contributed by atoms with E-state index in [-0.39, 0.29) is 0 Å². The van der Waals surface area contributed by atoms with Gasteiger partial charge in [-0.3, -0.25) is 0 Å². The Kier molecular flexibility index (Phi) is 3.04. The molecular weight excluding hydrogens is 287 g/mol. The Balaban J connectivity index is 2.86. The zero-order valence-corrected chi connectivity index (χ0v) is 13.0. The van der Waals surface area contributed by atoms with Crippen LogP contribution < -0.4 is 10.4 Å². The van der Waals surface area contributed by atoms with Gasteiger partial charge in [0.15, 0.2) is 0 Å². The molecule has 0 aliphatic carbocycles. The second-order valence-corrected chi connectivity index (χ2v) is 6.00. The molecule has 0 aliphatic heterocycles. The molecule has 0 saturated carbocycles. The van der Waals surface area contributed by atoms with Crippen molar-refractivity contribution in [2.24, 2.45) is 0 Å². The van der Waals surface area contributed by atoms with E-state index in [2.05, 4.69) is 39.1 Å². The first kappa shape index (κ1) is 13.5. The fourth-order valence-corrected chi connectivity index (χ4v) is 3.52. The van der Waals surface area contributed by atoms with Crippen LogP contribution in [0.2, 0.25) is 10.0 Å². The third-order valence-electron chi connectivity index (χ3n) is 3.93. The molecule has 0 unspecified atom stereocenters. The molecule has 0 N–H and O–H groups in total. The minimum Gasteiger partial charge on any atom is -0.0904 e. The van der Waals surface area contributed by atoms with Gasteiger partial charge in [0.05, 0.1) is 0 Å². The van der Waals surface area contributed by atoms with Crippen molar-refractivity contribution in [3.8, 4) is 0 Å². The highest BCUT2D eigenvalue weighted by Crippen LogP contribution is 2.28. The molecule has 0 bridgehead atoms. The van der Waals surface area contributed by atoms with Crippen LogP contribution in [-0.2, 0) is 0 Å². The quantitative estimate of drug-likeness (QED) is 0.526. The van der Waals surface area contributed by atoms with Gasteiger partial charge >= 0.3 is 0 Å². The van der Waals surface area contributed by atoms with E-state index in [0.29, 0.717) is 10.0 Å². The number of fused-ring (bicyclic) bond motifs is 2. The number of aryl methyl sites for hydroxylation is 2. The number of rotatable bonds is 0. The molecule has 0 saturated heterocycles. The molecule has 2 heteroatoms. The molecule has 3 aromatic rings. The van der Waals surface area contributed by atoms with Crippen molar-refractivity contribution < 1.29 is 0 Å². The van der Waals surface area contributed by atoms with Crippen LogP contribution in [-0.4, -0.2) is 0 Å². The summed E-state index contributed by atoms with van der Waals surface area (Å²) in [7, 11) is 0. The summed E-state index contributed by atoms with van der Waals surface area (Å²) in [6.45, 7) is 12.7. The van der Waals surface area contributed by atoms with Gasteiger partial charge in [-0.1, -0.05) is 48.5 Å². The fourth-order valence-electron chi connectivity index (χ4n) is 2.98. The number of hydrogen-bond acceptors (Lipinski definition) is 0. The van der Waals surface area contributed by atoms with Crippen molar-refractivity contribution in [3.63, 3.8) is 0 Å². The summed E-state index contributed by atoms with van der Waals surface area (Å²) in [6, 6.07) is 7.85. The SMILES string of the molecule is C=c1c2c(C)ccc(C)c2c(=C)c2c(Cl)ccc(Cl)c12. The van der Waals surface area contributed by atoms with Gasteiger partial charge < -0.3 is 0 Å². The lowest BCUT2D eigenvalue weighted by Gasteiger charge is -2.13. The van der Waals surface area contributed by atoms with E-state index >= 15 is 0 Å². The number of halogens is 2. The number of hydrogen-bond donors (Lipinski definition) is 0. The Morgan fingerprint density at radius 2 is 1.00 bits per heavy atom. The van der Waals surface area contributed by atoms with Crippen LogP contribution >= 0.6 is 23.2 Å². The summed E-state index contributed by atoms with van der Waals surface area (Å²) in [4.78, 5) is 0. The standard InChI is InChI=1S/C18H14Cl2/c1-9-5-6-10(2)16-12(4)18-14(20)8-7-13(19)17(18)11(3)15(9)16/h5-8H,3-4H2,1-2H3. The summed E-state index contributed by atoms with van der Waals surface area (Å²) in [5.74, 6) is 0. The Hall–Kier alpha value is -1.50. The topological polar surface area (TPSA) is 0 Å². The second kappa shape index (κ2) is 4.51. The van der Waals surface area contributed by atoms with Crippen LogP contribution in [0.1, 0.15) is 11.1 Å². The normalized spacial score (nSPS) is 11.4. The monoisotopic (exact) mass is 300 g/mol. The molecular formula is C18H14Cl2. The Labute approximate surface area is 127 Å². The Morgan fingerprint density at radius 3 is 1.35 bits per heavy atom. The summed E-state index contributed by atoms with van der Waals surface area (Å²) >= 11 is 12.7. The van der Waals surface area contributed by atoms with Gasteiger partial charge in [0.2, 0.25) is 0 Å². The zero-order valence-electron chi connectivity index (χ0n) is 11.5. The van der Waals surface area contributed by atoms with Gasteiger partial charge in [-0.05, 0) is 58.3 Å². The van der Waals surface area contributed by atoms with E-state index < -0.39 is 0 Å². The number of benzene rings is 3. The molecule has 20 heavy (non-hydrogen) atoms. The van der Waals surface area contributed by atoms with Gasteiger partial charge in [-0.25, -0.2) is 0 Å². The van der Waals surface area contributed by atoms with Gasteiger partial charge in [0.1, 0.15) is 0 Å². The highest BCUT2D eigenvalue weighted by molar-refractivity contribution is 6.40.